The number of carbonyl (C=O) groups excluding carboxylic acids is 1. The number of piperidine rings is 1. The van der Waals surface area contributed by atoms with Crippen LogP contribution in [0.5, 0.6) is 0 Å². The number of aromatic amines is 1. The van der Waals surface area contributed by atoms with Crippen molar-refractivity contribution in [2.24, 2.45) is 5.92 Å². The lowest BCUT2D eigenvalue weighted by atomic mass is 9.96. The number of aromatic nitrogens is 7. The summed E-state index contributed by atoms with van der Waals surface area (Å²) >= 11 is 0. The van der Waals surface area contributed by atoms with E-state index in [1.807, 2.05) is 50.4 Å². The second-order valence-corrected chi connectivity index (χ2v) is 8.97. The molecule has 35 heavy (non-hydrogen) atoms. The van der Waals surface area contributed by atoms with Gasteiger partial charge in [-0.25, -0.2) is 19.6 Å². The van der Waals surface area contributed by atoms with Gasteiger partial charge in [0.15, 0.2) is 5.82 Å². The van der Waals surface area contributed by atoms with Gasteiger partial charge in [-0.15, -0.1) is 0 Å². The molecule has 5 heterocycles. The molecule has 0 aliphatic carbocycles. The Morgan fingerprint density at radius 1 is 1.14 bits per heavy atom. The minimum atomic E-state index is -0.0149. The van der Waals surface area contributed by atoms with Crippen molar-refractivity contribution in [2.45, 2.75) is 39.7 Å². The minimum absolute atomic E-state index is 0.0149. The topological polar surface area (TPSA) is 118 Å². The molecule has 0 aromatic carbocycles. The minimum Gasteiger partial charge on any atom is -0.352 e. The number of nitrogens with one attached hydrogen (secondary N) is 2. The third kappa shape index (κ3) is 5.53. The Balaban J connectivity index is 1.13. The number of H-pyrrole nitrogens is 1. The van der Waals surface area contributed by atoms with Gasteiger partial charge in [0, 0.05) is 62.0 Å². The van der Waals surface area contributed by atoms with Crippen LogP contribution in [0.4, 0.5) is 5.95 Å². The summed E-state index contributed by atoms with van der Waals surface area (Å²) in [5.74, 6) is 1.55. The highest BCUT2D eigenvalue weighted by Gasteiger charge is 2.26. The van der Waals surface area contributed by atoms with Crippen molar-refractivity contribution in [3.63, 3.8) is 0 Å². The Morgan fingerprint density at radius 3 is 2.69 bits per heavy atom. The lowest BCUT2D eigenvalue weighted by Gasteiger charge is -2.31. The summed E-state index contributed by atoms with van der Waals surface area (Å²) in [6.45, 7) is 5.94. The van der Waals surface area contributed by atoms with Gasteiger partial charge in [-0.1, -0.05) is 6.07 Å². The molecule has 1 aliphatic rings. The first-order valence-electron chi connectivity index (χ1n) is 11.9. The molecule has 180 valence electrons. The summed E-state index contributed by atoms with van der Waals surface area (Å²) < 4.78 is 1.70. The van der Waals surface area contributed by atoms with E-state index in [9.17, 15) is 4.79 Å². The summed E-state index contributed by atoms with van der Waals surface area (Å²) in [5, 5.41) is 14.5. The molecule has 4 aromatic heterocycles. The molecular formula is C25H29N9O. The first-order chi connectivity index (χ1) is 17.0. The van der Waals surface area contributed by atoms with Crippen LogP contribution in [0, 0.1) is 19.8 Å². The second kappa shape index (κ2) is 10.0. The summed E-state index contributed by atoms with van der Waals surface area (Å²) in [5.41, 5.74) is 4.84. The molecule has 1 saturated heterocycles. The van der Waals surface area contributed by atoms with Crippen LogP contribution in [0.3, 0.4) is 0 Å². The van der Waals surface area contributed by atoms with E-state index in [0.29, 0.717) is 13.0 Å². The van der Waals surface area contributed by atoms with E-state index in [1.165, 1.54) is 0 Å². The second-order valence-electron chi connectivity index (χ2n) is 8.97. The largest absolute Gasteiger partial charge is 0.352 e. The Hall–Kier alpha value is -4.08. The normalized spacial score (nSPS) is 14.3. The van der Waals surface area contributed by atoms with E-state index in [0.717, 1.165) is 66.0 Å². The number of anilines is 1. The fourth-order valence-corrected chi connectivity index (χ4v) is 4.34. The van der Waals surface area contributed by atoms with Gasteiger partial charge in [0.2, 0.25) is 11.9 Å². The summed E-state index contributed by atoms with van der Waals surface area (Å²) in [7, 11) is 0. The quantitative estimate of drug-likeness (QED) is 0.425. The number of amides is 1. The molecule has 0 radical (unpaired) electrons. The predicted octanol–water partition coefficient (Wildman–Crippen LogP) is 2.52. The molecule has 2 N–H and O–H groups in total. The van der Waals surface area contributed by atoms with E-state index in [1.54, 1.807) is 17.1 Å². The van der Waals surface area contributed by atoms with Gasteiger partial charge < -0.3 is 10.2 Å². The van der Waals surface area contributed by atoms with Gasteiger partial charge >= 0.3 is 0 Å². The molecule has 1 aliphatic heterocycles. The third-order valence-corrected chi connectivity index (χ3v) is 6.18. The van der Waals surface area contributed by atoms with Crippen molar-refractivity contribution in [2.75, 3.05) is 18.0 Å². The van der Waals surface area contributed by atoms with Crippen molar-refractivity contribution in [3.05, 3.63) is 77.3 Å². The lowest BCUT2D eigenvalue weighted by Crippen LogP contribution is -2.41. The SMILES string of the molecule is Cc1cc(Cc2cc(C)[nH]n2)nc(N2CCC(C(=O)NCc3ccc(-n4cccn4)nc3)CC2)n1. The number of pyridine rings is 1. The summed E-state index contributed by atoms with van der Waals surface area (Å²) in [6.07, 6.45) is 7.54. The number of aryl methyl sites for hydroxylation is 2. The summed E-state index contributed by atoms with van der Waals surface area (Å²) in [6, 6.07) is 9.75. The molecule has 1 fully saturated rings. The Labute approximate surface area is 203 Å². The number of hydrogen-bond donors (Lipinski definition) is 2. The van der Waals surface area contributed by atoms with Gasteiger partial charge in [0.25, 0.3) is 0 Å². The average Bonchev–Trinajstić information content (AvgIpc) is 3.55. The number of carbonyl (C=O) groups is 1. The first kappa shape index (κ1) is 22.7. The molecule has 0 unspecified atom stereocenters. The zero-order valence-corrected chi connectivity index (χ0v) is 20.0. The molecule has 4 aromatic rings. The van der Waals surface area contributed by atoms with E-state index in [-0.39, 0.29) is 11.8 Å². The highest BCUT2D eigenvalue weighted by Crippen LogP contribution is 2.22. The fraction of sp³-hybridized carbons (Fsp3) is 0.360. The maximum Gasteiger partial charge on any atom is 0.225 e. The molecule has 0 atom stereocenters. The maximum atomic E-state index is 12.8. The maximum absolute atomic E-state index is 12.8. The summed E-state index contributed by atoms with van der Waals surface area (Å²) in [4.78, 5) is 28.8. The first-order valence-corrected chi connectivity index (χ1v) is 11.9. The van der Waals surface area contributed by atoms with Crippen LogP contribution in [0.15, 0.2) is 48.9 Å². The smallest absolute Gasteiger partial charge is 0.225 e. The van der Waals surface area contributed by atoms with Crippen molar-refractivity contribution in [1.29, 1.82) is 0 Å². The van der Waals surface area contributed by atoms with Crippen LogP contribution in [-0.2, 0) is 17.8 Å². The monoisotopic (exact) mass is 471 g/mol. The number of nitrogens with zero attached hydrogens (tertiary/aromatic N) is 7. The molecule has 0 saturated carbocycles. The predicted molar refractivity (Wildman–Crippen MR) is 131 cm³/mol. The fourth-order valence-electron chi connectivity index (χ4n) is 4.34. The highest BCUT2D eigenvalue weighted by molar-refractivity contribution is 5.78. The van der Waals surface area contributed by atoms with Crippen molar-refractivity contribution in [3.8, 4) is 5.82 Å². The van der Waals surface area contributed by atoms with Gasteiger partial charge in [-0.05, 0) is 56.5 Å². The molecule has 1 amide bonds. The lowest BCUT2D eigenvalue weighted by molar-refractivity contribution is -0.125. The van der Waals surface area contributed by atoms with Crippen molar-refractivity contribution in [1.82, 2.24) is 40.2 Å². The van der Waals surface area contributed by atoms with E-state index in [2.05, 4.69) is 35.5 Å². The molecule has 0 bridgehead atoms. The average molecular weight is 472 g/mol. The van der Waals surface area contributed by atoms with E-state index < -0.39 is 0 Å². The highest BCUT2D eigenvalue weighted by atomic mass is 16.1. The Kier molecular flexibility index (Phi) is 6.51. The van der Waals surface area contributed by atoms with E-state index in [4.69, 9.17) is 4.98 Å². The third-order valence-electron chi connectivity index (χ3n) is 6.18. The molecular weight excluding hydrogens is 442 g/mol. The molecule has 0 spiro atoms. The van der Waals surface area contributed by atoms with Crippen LogP contribution in [-0.4, -0.2) is 53.9 Å². The van der Waals surface area contributed by atoms with Crippen LogP contribution >= 0.6 is 0 Å². The van der Waals surface area contributed by atoms with E-state index >= 15 is 0 Å². The number of hydrogen-bond acceptors (Lipinski definition) is 7. The van der Waals surface area contributed by atoms with Crippen LogP contribution < -0.4 is 10.2 Å². The van der Waals surface area contributed by atoms with Gasteiger partial charge in [0.1, 0.15) is 0 Å². The molecule has 10 heteroatoms. The zero-order chi connectivity index (χ0) is 24.2. The zero-order valence-electron chi connectivity index (χ0n) is 20.0. The molecule has 10 nitrogen and oxygen atoms in total. The van der Waals surface area contributed by atoms with Crippen molar-refractivity contribution < 1.29 is 4.79 Å². The van der Waals surface area contributed by atoms with Crippen molar-refractivity contribution >= 4 is 11.9 Å². The van der Waals surface area contributed by atoms with Gasteiger partial charge in [-0.2, -0.15) is 10.2 Å². The van der Waals surface area contributed by atoms with Crippen LogP contribution in [0.2, 0.25) is 0 Å². The van der Waals surface area contributed by atoms with Gasteiger partial charge in [0.05, 0.1) is 11.4 Å². The standard InChI is InChI=1S/C25H29N9O/c1-17-12-21(14-22-13-18(2)31-32-22)30-25(29-17)33-10-6-20(7-11-33)24(35)27-16-19-4-5-23(26-15-19)34-9-3-8-28-34/h3-5,8-9,12-13,15,20H,6-7,10-11,14,16H2,1-2H3,(H,27,35)(H,31,32). The number of rotatable bonds is 7. The van der Waals surface area contributed by atoms with Crippen LogP contribution in [0.1, 0.15) is 41.2 Å². The Bertz CT molecular complexity index is 1270. The van der Waals surface area contributed by atoms with Gasteiger partial charge in [-0.3, -0.25) is 9.89 Å². The molecule has 5 rings (SSSR count). The van der Waals surface area contributed by atoms with Crippen LogP contribution in [0.25, 0.3) is 5.82 Å². The Morgan fingerprint density at radius 2 is 2.00 bits per heavy atom.